The van der Waals surface area contributed by atoms with Crippen LogP contribution < -0.4 is 20.3 Å². The summed E-state index contributed by atoms with van der Waals surface area (Å²) in [6.07, 6.45) is 1.34. The molecule has 3 aliphatic heterocycles. The van der Waals surface area contributed by atoms with Crippen molar-refractivity contribution in [1.29, 1.82) is 0 Å². The number of nitrogens with zero attached hydrogens (tertiary/aromatic N) is 3. The van der Waals surface area contributed by atoms with Crippen LogP contribution in [0.1, 0.15) is 17.2 Å². The Morgan fingerprint density at radius 2 is 1.95 bits per heavy atom. The maximum absolute atomic E-state index is 14.6. The number of hydrogen-bond acceptors (Lipinski definition) is 6. The second-order valence-electron chi connectivity index (χ2n) is 9.79. The van der Waals surface area contributed by atoms with Gasteiger partial charge in [-0.25, -0.2) is 14.2 Å². The number of para-hydroxylation sites is 1. The van der Waals surface area contributed by atoms with Crippen LogP contribution in [0.5, 0.6) is 11.5 Å². The monoisotopic (exact) mass is 559 g/mol. The van der Waals surface area contributed by atoms with E-state index in [1.54, 1.807) is 23.2 Å². The number of carbonyl (C=O) groups excluding carboxylic acids is 3. The molecule has 0 radical (unpaired) electrons. The zero-order valence-electron chi connectivity index (χ0n) is 21.5. The lowest BCUT2D eigenvalue weighted by atomic mass is 9.99. The Hall–Kier alpha value is -4.38. The fraction of sp³-hybridized carbons (Fsp3) is 0.241. The molecular weight excluding hydrogens is 533 g/mol. The van der Waals surface area contributed by atoms with E-state index in [0.29, 0.717) is 27.9 Å². The summed E-state index contributed by atoms with van der Waals surface area (Å²) >= 11 is 1.23. The van der Waals surface area contributed by atoms with Gasteiger partial charge in [0.15, 0.2) is 0 Å². The summed E-state index contributed by atoms with van der Waals surface area (Å²) < 4.78 is 20.6. The average molecular weight is 560 g/mol. The van der Waals surface area contributed by atoms with Crippen LogP contribution >= 0.6 is 11.8 Å². The van der Waals surface area contributed by atoms with Crippen molar-refractivity contribution in [2.75, 3.05) is 18.0 Å². The summed E-state index contributed by atoms with van der Waals surface area (Å²) in [6.45, 7) is 5.28. The SMILES string of the molecule is C=CC(=O)N1C[C@H](NC(=O)C2Sc3nccc4c3C2NC(=O)N4c2ccc(Oc3ccccc3)cc2C)[C@@H](F)C1. The third-order valence-corrected chi connectivity index (χ3v) is 8.50. The van der Waals surface area contributed by atoms with Gasteiger partial charge in [-0.15, -0.1) is 0 Å². The quantitative estimate of drug-likeness (QED) is 0.434. The highest BCUT2D eigenvalue weighted by atomic mass is 32.2. The zero-order chi connectivity index (χ0) is 28.0. The molecule has 2 unspecified atom stereocenters. The summed E-state index contributed by atoms with van der Waals surface area (Å²) in [4.78, 5) is 46.1. The summed E-state index contributed by atoms with van der Waals surface area (Å²) in [6, 6.07) is 14.8. The minimum absolute atomic E-state index is 0.0552. The lowest BCUT2D eigenvalue weighted by Gasteiger charge is -2.35. The van der Waals surface area contributed by atoms with E-state index in [1.165, 1.54) is 16.7 Å². The molecule has 1 fully saturated rings. The van der Waals surface area contributed by atoms with Crippen molar-refractivity contribution in [1.82, 2.24) is 20.5 Å². The molecule has 4 amide bonds. The molecule has 40 heavy (non-hydrogen) atoms. The minimum atomic E-state index is -1.40. The van der Waals surface area contributed by atoms with Gasteiger partial charge < -0.3 is 20.3 Å². The molecule has 204 valence electrons. The van der Waals surface area contributed by atoms with Crippen LogP contribution in [0.4, 0.5) is 20.6 Å². The highest BCUT2D eigenvalue weighted by Gasteiger charge is 2.48. The van der Waals surface area contributed by atoms with E-state index in [1.807, 2.05) is 49.4 Å². The number of benzene rings is 2. The fourth-order valence-electron chi connectivity index (χ4n) is 5.31. The van der Waals surface area contributed by atoms with Crippen LogP contribution in [0.25, 0.3) is 0 Å². The zero-order valence-corrected chi connectivity index (χ0v) is 22.4. The van der Waals surface area contributed by atoms with Gasteiger partial charge in [-0.05, 0) is 55.0 Å². The van der Waals surface area contributed by atoms with E-state index in [0.717, 1.165) is 17.2 Å². The number of nitrogens with one attached hydrogen (secondary N) is 2. The number of hydrogen-bond donors (Lipinski definition) is 2. The van der Waals surface area contributed by atoms with Crippen molar-refractivity contribution in [3.05, 3.63) is 84.6 Å². The lowest BCUT2D eigenvalue weighted by molar-refractivity contribution is -0.126. The van der Waals surface area contributed by atoms with Crippen LogP contribution in [0, 0.1) is 6.92 Å². The number of urea groups is 1. The summed E-state index contributed by atoms with van der Waals surface area (Å²) in [5.74, 6) is 0.539. The van der Waals surface area contributed by atoms with Crippen molar-refractivity contribution < 1.29 is 23.5 Å². The highest BCUT2D eigenvalue weighted by Crippen LogP contribution is 2.51. The number of amides is 4. The van der Waals surface area contributed by atoms with Gasteiger partial charge in [0.2, 0.25) is 11.8 Å². The maximum Gasteiger partial charge on any atom is 0.327 e. The van der Waals surface area contributed by atoms with Crippen LogP contribution in [-0.2, 0) is 9.59 Å². The average Bonchev–Trinajstić information content (AvgIpc) is 3.50. The standard InChI is InChI=1S/C29H26FN5O4S/c1-3-23(36)34-14-19(30)20(15-34)32-27(37)26-25-24-22(11-12-31-28(24)40-26)35(29(38)33-25)21-10-9-18(13-16(21)2)39-17-7-5-4-6-8-17/h3-13,19-20,25-26H,1,14-15H2,2H3,(H,32,37)(H,33,38)/t19-,20-,25?,26?/m0/s1. The van der Waals surface area contributed by atoms with Gasteiger partial charge in [0, 0.05) is 18.3 Å². The molecule has 2 aromatic carbocycles. The Kier molecular flexibility index (Phi) is 6.67. The second-order valence-corrected chi connectivity index (χ2v) is 10.9. The number of likely N-dealkylation sites (tertiary alicyclic amines) is 1. The predicted octanol–water partition coefficient (Wildman–Crippen LogP) is 4.41. The fourth-order valence-corrected chi connectivity index (χ4v) is 6.54. The predicted molar refractivity (Wildman–Crippen MR) is 149 cm³/mol. The van der Waals surface area contributed by atoms with Crippen molar-refractivity contribution in [2.24, 2.45) is 0 Å². The van der Waals surface area contributed by atoms with Crippen LogP contribution in [0.2, 0.25) is 0 Å². The largest absolute Gasteiger partial charge is 0.457 e. The van der Waals surface area contributed by atoms with E-state index >= 15 is 0 Å². The smallest absolute Gasteiger partial charge is 0.327 e. The van der Waals surface area contributed by atoms with Crippen LogP contribution in [-0.4, -0.2) is 58.3 Å². The topological polar surface area (TPSA) is 104 Å². The summed E-state index contributed by atoms with van der Waals surface area (Å²) in [7, 11) is 0. The van der Waals surface area contributed by atoms with Crippen molar-refractivity contribution in [2.45, 2.75) is 35.5 Å². The first-order valence-electron chi connectivity index (χ1n) is 12.8. The molecule has 0 aliphatic carbocycles. The number of alkyl halides is 1. The Labute approximate surface area is 234 Å². The molecule has 2 N–H and O–H groups in total. The number of halogens is 1. The molecule has 0 bridgehead atoms. The van der Waals surface area contributed by atoms with Crippen molar-refractivity contribution in [3.63, 3.8) is 0 Å². The minimum Gasteiger partial charge on any atom is -0.457 e. The maximum atomic E-state index is 14.6. The molecule has 3 aliphatic rings. The Bertz CT molecular complexity index is 1520. The van der Waals surface area contributed by atoms with Crippen LogP contribution in [0.15, 0.2) is 78.5 Å². The molecule has 0 spiro atoms. The van der Waals surface area contributed by atoms with E-state index in [4.69, 9.17) is 4.74 Å². The number of rotatable bonds is 6. The number of carbonyl (C=O) groups is 3. The third kappa shape index (κ3) is 4.56. The molecule has 0 saturated carbocycles. The molecule has 4 atom stereocenters. The lowest BCUT2D eigenvalue weighted by Crippen LogP contribution is -2.51. The van der Waals surface area contributed by atoms with E-state index in [-0.39, 0.29) is 25.0 Å². The number of aryl methyl sites for hydroxylation is 1. The molecule has 6 rings (SSSR count). The second kappa shape index (κ2) is 10.3. The number of pyridine rings is 1. The third-order valence-electron chi connectivity index (χ3n) is 7.21. The molecule has 9 nitrogen and oxygen atoms in total. The molecule has 1 saturated heterocycles. The summed E-state index contributed by atoms with van der Waals surface area (Å²) in [5.41, 5.74) is 2.86. The van der Waals surface area contributed by atoms with Crippen LogP contribution in [0.3, 0.4) is 0 Å². The number of ether oxygens (including phenoxy) is 1. The molecular formula is C29H26FN5O4S. The Morgan fingerprint density at radius 1 is 1.15 bits per heavy atom. The highest BCUT2D eigenvalue weighted by molar-refractivity contribution is 8.01. The first-order valence-corrected chi connectivity index (χ1v) is 13.7. The van der Waals surface area contributed by atoms with Gasteiger partial charge in [-0.1, -0.05) is 36.5 Å². The first-order chi connectivity index (χ1) is 19.3. The van der Waals surface area contributed by atoms with Gasteiger partial charge >= 0.3 is 6.03 Å². The number of anilines is 2. The van der Waals surface area contributed by atoms with Gasteiger partial charge in [-0.2, -0.15) is 0 Å². The molecule has 1 aromatic heterocycles. The van der Waals surface area contributed by atoms with E-state index in [2.05, 4.69) is 22.2 Å². The Balaban J connectivity index is 1.24. The van der Waals surface area contributed by atoms with Gasteiger partial charge in [-0.3, -0.25) is 14.5 Å². The first kappa shape index (κ1) is 25.9. The Morgan fingerprint density at radius 3 is 2.70 bits per heavy atom. The molecule has 3 aromatic rings. The normalized spacial score (nSPS) is 22.9. The van der Waals surface area contributed by atoms with Gasteiger partial charge in [0.25, 0.3) is 0 Å². The number of aromatic nitrogens is 1. The number of thioether (sulfide) groups is 1. The summed E-state index contributed by atoms with van der Waals surface area (Å²) in [5, 5.41) is 5.60. The van der Waals surface area contributed by atoms with Crippen molar-refractivity contribution >= 4 is 41.0 Å². The van der Waals surface area contributed by atoms with E-state index in [9.17, 15) is 18.8 Å². The van der Waals surface area contributed by atoms with Gasteiger partial charge in [0.1, 0.15) is 27.9 Å². The van der Waals surface area contributed by atoms with Gasteiger partial charge in [0.05, 0.1) is 30.0 Å². The molecule has 4 heterocycles. The van der Waals surface area contributed by atoms with Crippen molar-refractivity contribution in [3.8, 4) is 11.5 Å². The van der Waals surface area contributed by atoms with E-state index < -0.39 is 29.4 Å². The molecule has 11 heteroatoms.